The van der Waals surface area contributed by atoms with Gasteiger partial charge in [0, 0.05) is 12.2 Å². The molecule has 6 nitrogen and oxygen atoms in total. The number of anilines is 1. The van der Waals surface area contributed by atoms with Crippen LogP contribution in [0.4, 0.5) is 10.1 Å². The smallest absolute Gasteiger partial charge is 0.262 e. The molecule has 0 saturated heterocycles. The van der Waals surface area contributed by atoms with Gasteiger partial charge in [-0.1, -0.05) is 18.2 Å². The van der Waals surface area contributed by atoms with Crippen LogP contribution in [0.1, 0.15) is 18.3 Å². The summed E-state index contributed by atoms with van der Waals surface area (Å²) < 4.78 is 17.2. The summed E-state index contributed by atoms with van der Waals surface area (Å²) >= 11 is 0. The van der Waals surface area contributed by atoms with Crippen LogP contribution in [0.25, 0.3) is 16.7 Å². The average molecular weight is 351 g/mol. The van der Waals surface area contributed by atoms with Crippen molar-refractivity contribution in [2.75, 3.05) is 5.32 Å². The molecule has 0 bridgehead atoms. The number of hydrogen-bond donors (Lipinski definition) is 1. The summed E-state index contributed by atoms with van der Waals surface area (Å²) in [6.45, 7) is 4.48. The highest BCUT2D eigenvalue weighted by atomic mass is 19.1. The summed E-state index contributed by atoms with van der Waals surface area (Å²) in [5.74, 6) is 0.897. The molecule has 7 heteroatoms. The van der Waals surface area contributed by atoms with Gasteiger partial charge in [-0.3, -0.25) is 13.8 Å². The van der Waals surface area contributed by atoms with Crippen LogP contribution < -0.4 is 10.9 Å². The maximum atomic E-state index is 13.7. The predicted octanol–water partition coefficient (Wildman–Crippen LogP) is 3.12. The Kier molecular flexibility index (Phi) is 3.91. The van der Waals surface area contributed by atoms with Crippen LogP contribution in [-0.2, 0) is 13.1 Å². The van der Waals surface area contributed by atoms with Crippen LogP contribution in [0.3, 0.4) is 0 Å². The van der Waals surface area contributed by atoms with Crippen molar-refractivity contribution >= 4 is 22.4 Å². The molecule has 132 valence electrons. The Balaban J connectivity index is 1.82. The number of para-hydroxylation sites is 1. The fourth-order valence-corrected chi connectivity index (χ4v) is 3.10. The van der Waals surface area contributed by atoms with Crippen molar-refractivity contribution in [1.29, 1.82) is 0 Å². The SMILES string of the molecule is CCn1c(=O)c2ccccc2n2c(CNc3ccc(C)c(F)c3)nnc12. The zero-order valence-electron chi connectivity index (χ0n) is 14.5. The Bertz CT molecular complexity index is 1180. The van der Waals surface area contributed by atoms with Crippen LogP contribution in [0.5, 0.6) is 0 Å². The molecule has 0 amide bonds. The molecular weight excluding hydrogens is 333 g/mol. The lowest BCUT2D eigenvalue weighted by Crippen LogP contribution is -2.22. The third-order valence-electron chi connectivity index (χ3n) is 4.51. The normalized spacial score (nSPS) is 11.3. The van der Waals surface area contributed by atoms with E-state index in [2.05, 4.69) is 15.5 Å². The van der Waals surface area contributed by atoms with Crippen LogP contribution in [0, 0.1) is 12.7 Å². The first-order valence-electron chi connectivity index (χ1n) is 8.45. The van der Waals surface area contributed by atoms with Crippen molar-refractivity contribution in [2.45, 2.75) is 26.9 Å². The molecule has 4 aromatic rings. The van der Waals surface area contributed by atoms with E-state index in [1.807, 2.05) is 35.6 Å². The molecule has 2 heterocycles. The second kappa shape index (κ2) is 6.25. The summed E-state index contributed by atoms with van der Waals surface area (Å²) in [6, 6.07) is 12.4. The number of nitrogens with one attached hydrogen (secondary N) is 1. The molecular formula is C19H18FN5O. The highest BCUT2D eigenvalue weighted by molar-refractivity contribution is 5.80. The molecule has 26 heavy (non-hydrogen) atoms. The molecule has 2 aromatic heterocycles. The van der Waals surface area contributed by atoms with Crippen LogP contribution in [0.2, 0.25) is 0 Å². The van der Waals surface area contributed by atoms with Gasteiger partial charge < -0.3 is 5.32 Å². The highest BCUT2D eigenvalue weighted by Crippen LogP contribution is 2.17. The molecule has 0 fully saturated rings. The van der Waals surface area contributed by atoms with E-state index < -0.39 is 0 Å². The lowest BCUT2D eigenvalue weighted by molar-refractivity contribution is 0.619. The molecule has 0 aliphatic rings. The number of fused-ring (bicyclic) bond motifs is 3. The number of aryl methyl sites for hydroxylation is 2. The molecule has 0 unspecified atom stereocenters. The molecule has 0 saturated carbocycles. The Morgan fingerprint density at radius 2 is 1.96 bits per heavy atom. The summed E-state index contributed by atoms with van der Waals surface area (Å²) in [5, 5.41) is 12.2. The van der Waals surface area contributed by atoms with E-state index >= 15 is 0 Å². The monoisotopic (exact) mass is 351 g/mol. The fraction of sp³-hybridized carbons (Fsp3) is 0.211. The molecule has 0 aliphatic heterocycles. The maximum Gasteiger partial charge on any atom is 0.262 e. The summed E-state index contributed by atoms with van der Waals surface area (Å²) in [7, 11) is 0. The lowest BCUT2D eigenvalue weighted by Gasteiger charge is -2.10. The Hall–Kier alpha value is -3.22. The molecule has 0 radical (unpaired) electrons. The molecule has 4 rings (SSSR count). The van der Waals surface area contributed by atoms with Gasteiger partial charge in [0.15, 0.2) is 5.82 Å². The summed E-state index contributed by atoms with van der Waals surface area (Å²) in [6.07, 6.45) is 0. The minimum atomic E-state index is -0.258. The van der Waals surface area contributed by atoms with Crippen molar-refractivity contribution in [1.82, 2.24) is 19.2 Å². The number of halogens is 1. The van der Waals surface area contributed by atoms with Crippen molar-refractivity contribution in [3.8, 4) is 0 Å². The minimum absolute atomic E-state index is 0.0804. The third-order valence-corrected chi connectivity index (χ3v) is 4.51. The van der Waals surface area contributed by atoms with Crippen LogP contribution in [0.15, 0.2) is 47.3 Å². The summed E-state index contributed by atoms with van der Waals surface area (Å²) in [4.78, 5) is 12.7. The van der Waals surface area contributed by atoms with Gasteiger partial charge in [0.25, 0.3) is 5.56 Å². The molecule has 0 atom stereocenters. The van der Waals surface area contributed by atoms with Crippen molar-refractivity contribution in [3.05, 3.63) is 70.0 Å². The van der Waals surface area contributed by atoms with Gasteiger partial charge in [-0.25, -0.2) is 4.39 Å². The predicted molar refractivity (Wildman–Crippen MR) is 98.9 cm³/mol. The number of benzene rings is 2. The van der Waals surface area contributed by atoms with E-state index in [9.17, 15) is 9.18 Å². The topological polar surface area (TPSA) is 64.2 Å². The van der Waals surface area contributed by atoms with Gasteiger partial charge in [0.05, 0.1) is 17.4 Å². The van der Waals surface area contributed by atoms with Crippen molar-refractivity contribution < 1.29 is 4.39 Å². The van der Waals surface area contributed by atoms with Crippen molar-refractivity contribution in [2.24, 2.45) is 0 Å². The van der Waals surface area contributed by atoms with E-state index in [0.29, 0.717) is 41.3 Å². The zero-order valence-corrected chi connectivity index (χ0v) is 14.5. The lowest BCUT2D eigenvalue weighted by atomic mass is 10.2. The second-order valence-electron chi connectivity index (χ2n) is 6.14. The van der Waals surface area contributed by atoms with Gasteiger partial charge in [0.2, 0.25) is 5.78 Å². The van der Waals surface area contributed by atoms with E-state index in [4.69, 9.17) is 0 Å². The fourth-order valence-electron chi connectivity index (χ4n) is 3.10. The molecule has 0 spiro atoms. The number of nitrogens with zero attached hydrogens (tertiary/aromatic N) is 4. The standard InChI is InChI=1S/C19H18FN5O/c1-3-24-18(26)14-6-4-5-7-16(14)25-17(22-23-19(24)25)11-21-13-9-8-12(2)15(20)10-13/h4-10,21H,3,11H2,1-2H3. The van der Waals surface area contributed by atoms with Gasteiger partial charge in [-0.2, -0.15) is 0 Å². The number of hydrogen-bond acceptors (Lipinski definition) is 4. The van der Waals surface area contributed by atoms with E-state index in [1.54, 1.807) is 23.6 Å². The van der Waals surface area contributed by atoms with Gasteiger partial charge in [-0.15, -0.1) is 10.2 Å². The largest absolute Gasteiger partial charge is 0.378 e. The number of aromatic nitrogens is 4. The van der Waals surface area contributed by atoms with Crippen LogP contribution >= 0.6 is 0 Å². The zero-order chi connectivity index (χ0) is 18.3. The first-order chi connectivity index (χ1) is 12.6. The van der Waals surface area contributed by atoms with Crippen molar-refractivity contribution in [3.63, 3.8) is 0 Å². The molecule has 1 N–H and O–H groups in total. The highest BCUT2D eigenvalue weighted by Gasteiger charge is 2.15. The Morgan fingerprint density at radius 1 is 1.15 bits per heavy atom. The summed E-state index contributed by atoms with van der Waals surface area (Å²) in [5.41, 5.74) is 1.94. The first-order valence-corrected chi connectivity index (χ1v) is 8.45. The van der Waals surface area contributed by atoms with E-state index in [-0.39, 0.29) is 11.4 Å². The maximum absolute atomic E-state index is 13.7. The van der Waals surface area contributed by atoms with Gasteiger partial charge in [0.1, 0.15) is 5.82 Å². The molecule has 0 aliphatic carbocycles. The number of rotatable bonds is 4. The van der Waals surface area contributed by atoms with Gasteiger partial charge >= 0.3 is 0 Å². The Morgan fingerprint density at radius 3 is 2.73 bits per heavy atom. The minimum Gasteiger partial charge on any atom is -0.378 e. The second-order valence-corrected chi connectivity index (χ2v) is 6.14. The average Bonchev–Trinajstić information content (AvgIpc) is 3.07. The quantitative estimate of drug-likeness (QED) is 0.614. The van der Waals surface area contributed by atoms with Gasteiger partial charge in [-0.05, 0) is 43.7 Å². The van der Waals surface area contributed by atoms with E-state index in [0.717, 1.165) is 5.52 Å². The molecule has 2 aromatic carbocycles. The van der Waals surface area contributed by atoms with Crippen LogP contribution in [-0.4, -0.2) is 19.2 Å². The first kappa shape index (κ1) is 16.3. The Labute approximate surface area is 148 Å². The van der Waals surface area contributed by atoms with E-state index in [1.165, 1.54) is 6.07 Å². The third kappa shape index (κ3) is 2.52.